The van der Waals surface area contributed by atoms with E-state index in [9.17, 15) is 13.2 Å². The van der Waals surface area contributed by atoms with E-state index in [-0.39, 0.29) is 6.54 Å². The zero-order valence-corrected chi connectivity index (χ0v) is 9.11. The van der Waals surface area contributed by atoms with Gasteiger partial charge in [0.25, 0.3) is 0 Å². The first-order valence-electron chi connectivity index (χ1n) is 3.98. The molecule has 0 bridgehead atoms. The number of anilines is 1. The molecule has 1 N–H and O–H groups in total. The molecule has 0 spiro atoms. The third-order valence-electron chi connectivity index (χ3n) is 1.46. The predicted octanol–water partition coefficient (Wildman–Crippen LogP) is -0.572. The van der Waals surface area contributed by atoms with Crippen molar-refractivity contribution in [1.82, 2.24) is 9.78 Å². The molecule has 0 saturated carbocycles. The molecule has 1 aromatic rings. The summed E-state index contributed by atoms with van der Waals surface area (Å²) in [6, 6.07) is 0. The number of aromatic nitrogens is 2. The second-order valence-corrected chi connectivity index (χ2v) is 4.63. The smallest absolute Gasteiger partial charge is 0.327 e. The molecular weight excluding hydrogens is 222 g/mol. The number of hydrogen-bond acceptors (Lipinski definition) is 5. The summed E-state index contributed by atoms with van der Waals surface area (Å²) in [6.07, 6.45) is 3.74. The number of rotatable bonds is 4. The fourth-order valence-corrected chi connectivity index (χ4v) is 1.45. The highest BCUT2D eigenvalue weighted by molar-refractivity contribution is 7.92. The summed E-state index contributed by atoms with van der Waals surface area (Å²) in [5.74, 6) is -0.455. The van der Waals surface area contributed by atoms with Gasteiger partial charge in [-0.25, -0.2) is 8.42 Å². The minimum absolute atomic E-state index is 0.0536. The van der Waals surface area contributed by atoms with Crippen LogP contribution in [0.4, 0.5) is 5.69 Å². The number of carbonyl (C=O) groups is 1. The Kier molecular flexibility index (Phi) is 3.30. The van der Waals surface area contributed by atoms with Crippen molar-refractivity contribution in [2.24, 2.45) is 0 Å². The molecule has 0 aliphatic carbocycles. The van der Waals surface area contributed by atoms with E-state index in [0.29, 0.717) is 5.69 Å². The SMILES string of the molecule is COC(=O)Cn1cc(NS(C)(=O)=O)cn1. The van der Waals surface area contributed by atoms with Gasteiger partial charge in [-0.05, 0) is 0 Å². The Bertz CT molecular complexity index is 451. The minimum Gasteiger partial charge on any atom is -0.468 e. The van der Waals surface area contributed by atoms with Crippen molar-refractivity contribution in [2.45, 2.75) is 6.54 Å². The molecule has 0 unspecified atom stereocenters. The minimum atomic E-state index is -3.32. The van der Waals surface area contributed by atoms with Crippen molar-refractivity contribution in [1.29, 1.82) is 0 Å². The van der Waals surface area contributed by atoms with Crippen molar-refractivity contribution in [3.8, 4) is 0 Å². The maximum absolute atomic E-state index is 10.9. The molecule has 0 amide bonds. The van der Waals surface area contributed by atoms with Crippen molar-refractivity contribution in [3.05, 3.63) is 12.4 Å². The highest BCUT2D eigenvalue weighted by Crippen LogP contribution is 2.06. The number of nitrogens with zero attached hydrogens (tertiary/aromatic N) is 2. The number of nitrogens with one attached hydrogen (secondary N) is 1. The van der Waals surface area contributed by atoms with E-state index in [1.807, 2.05) is 0 Å². The van der Waals surface area contributed by atoms with Crippen LogP contribution in [0.25, 0.3) is 0 Å². The van der Waals surface area contributed by atoms with Gasteiger partial charge in [-0.3, -0.25) is 14.2 Å². The second-order valence-electron chi connectivity index (χ2n) is 2.88. The van der Waals surface area contributed by atoms with Gasteiger partial charge in [0.2, 0.25) is 10.0 Å². The van der Waals surface area contributed by atoms with Gasteiger partial charge in [0, 0.05) is 6.20 Å². The molecule has 0 aromatic carbocycles. The average molecular weight is 233 g/mol. The summed E-state index contributed by atoms with van der Waals surface area (Å²) in [5, 5.41) is 3.78. The monoisotopic (exact) mass is 233 g/mol. The van der Waals surface area contributed by atoms with E-state index in [0.717, 1.165) is 6.26 Å². The Morgan fingerprint density at radius 1 is 1.67 bits per heavy atom. The van der Waals surface area contributed by atoms with Crippen LogP contribution in [0.1, 0.15) is 0 Å². The van der Waals surface area contributed by atoms with Gasteiger partial charge in [0.1, 0.15) is 6.54 Å². The van der Waals surface area contributed by atoms with Crippen LogP contribution in [0, 0.1) is 0 Å². The first-order chi connectivity index (χ1) is 6.90. The zero-order valence-electron chi connectivity index (χ0n) is 8.30. The van der Waals surface area contributed by atoms with Crippen LogP contribution in [0.5, 0.6) is 0 Å². The summed E-state index contributed by atoms with van der Waals surface area (Å²) >= 11 is 0. The first-order valence-corrected chi connectivity index (χ1v) is 5.87. The quantitative estimate of drug-likeness (QED) is 0.703. The lowest BCUT2D eigenvalue weighted by atomic mass is 10.6. The van der Waals surface area contributed by atoms with E-state index in [2.05, 4.69) is 14.6 Å². The van der Waals surface area contributed by atoms with Crippen molar-refractivity contribution >= 4 is 21.7 Å². The van der Waals surface area contributed by atoms with Crippen molar-refractivity contribution in [2.75, 3.05) is 18.1 Å². The maximum Gasteiger partial charge on any atom is 0.327 e. The lowest BCUT2D eigenvalue weighted by Crippen LogP contribution is -2.12. The Morgan fingerprint density at radius 3 is 2.87 bits per heavy atom. The molecule has 0 saturated heterocycles. The lowest BCUT2D eigenvalue weighted by Gasteiger charge is -1.99. The predicted molar refractivity (Wildman–Crippen MR) is 52.7 cm³/mol. The summed E-state index contributed by atoms with van der Waals surface area (Å²) in [6.45, 7) is -0.0536. The largest absolute Gasteiger partial charge is 0.468 e. The molecule has 8 heteroatoms. The highest BCUT2D eigenvalue weighted by Gasteiger charge is 2.06. The number of sulfonamides is 1. The molecule has 15 heavy (non-hydrogen) atoms. The number of carbonyl (C=O) groups excluding carboxylic acids is 1. The van der Waals surface area contributed by atoms with Crippen LogP contribution in [0.3, 0.4) is 0 Å². The van der Waals surface area contributed by atoms with E-state index in [1.165, 1.54) is 24.2 Å². The molecule has 0 radical (unpaired) electrons. The van der Waals surface area contributed by atoms with Gasteiger partial charge in [0.15, 0.2) is 0 Å². The Balaban J connectivity index is 2.69. The summed E-state index contributed by atoms with van der Waals surface area (Å²) in [7, 11) is -2.05. The topological polar surface area (TPSA) is 90.3 Å². The number of methoxy groups -OCH3 is 1. The van der Waals surface area contributed by atoms with Crippen molar-refractivity contribution in [3.63, 3.8) is 0 Å². The Morgan fingerprint density at radius 2 is 2.33 bits per heavy atom. The van der Waals surface area contributed by atoms with Crippen LogP contribution in [-0.2, 0) is 26.1 Å². The van der Waals surface area contributed by atoms with E-state index < -0.39 is 16.0 Å². The third kappa shape index (κ3) is 3.98. The maximum atomic E-state index is 10.9. The van der Waals surface area contributed by atoms with Gasteiger partial charge in [0.05, 0.1) is 25.2 Å². The Labute approximate surface area is 87.1 Å². The molecule has 1 aromatic heterocycles. The summed E-state index contributed by atoms with van der Waals surface area (Å²) in [4.78, 5) is 10.9. The average Bonchev–Trinajstić information content (AvgIpc) is 2.49. The van der Waals surface area contributed by atoms with Gasteiger partial charge in [-0.2, -0.15) is 5.10 Å². The van der Waals surface area contributed by atoms with Crippen LogP contribution in [0.2, 0.25) is 0 Å². The van der Waals surface area contributed by atoms with Gasteiger partial charge in [-0.1, -0.05) is 0 Å². The van der Waals surface area contributed by atoms with Gasteiger partial charge < -0.3 is 4.74 Å². The molecule has 84 valence electrons. The lowest BCUT2D eigenvalue weighted by molar-refractivity contribution is -0.141. The molecule has 1 heterocycles. The third-order valence-corrected chi connectivity index (χ3v) is 2.06. The zero-order chi connectivity index (χ0) is 11.5. The van der Waals surface area contributed by atoms with E-state index in [4.69, 9.17) is 0 Å². The van der Waals surface area contributed by atoms with Gasteiger partial charge >= 0.3 is 5.97 Å². The molecule has 0 fully saturated rings. The standard InChI is InChI=1S/C7H11N3O4S/c1-14-7(11)5-10-4-6(3-8-10)9-15(2,12)13/h3-4,9H,5H2,1-2H3. The van der Waals surface area contributed by atoms with E-state index in [1.54, 1.807) is 0 Å². The molecule has 0 aliphatic heterocycles. The first kappa shape index (κ1) is 11.5. The number of ether oxygens (including phenoxy) is 1. The van der Waals surface area contributed by atoms with Gasteiger partial charge in [-0.15, -0.1) is 0 Å². The van der Waals surface area contributed by atoms with Crippen molar-refractivity contribution < 1.29 is 17.9 Å². The fourth-order valence-electron chi connectivity index (χ4n) is 0.914. The Hall–Kier alpha value is -1.57. The second kappa shape index (κ2) is 4.30. The van der Waals surface area contributed by atoms with Crippen LogP contribution in [-0.4, -0.2) is 37.5 Å². The fraction of sp³-hybridized carbons (Fsp3) is 0.429. The molecule has 0 aliphatic rings. The van der Waals surface area contributed by atoms with Crippen LogP contribution >= 0.6 is 0 Å². The summed E-state index contributed by atoms with van der Waals surface area (Å²) < 4.78 is 29.6. The molecular formula is C7H11N3O4S. The molecule has 1 rings (SSSR count). The normalized spacial score (nSPS) is 11.1. The summed E-state index contributed by atoms with van der Waals surface area (Å²) in [5.41, 5.74) is 0.307. The number of esters is 1. The number of hydrogen-bond donors (Lipinski definition) is 1. The van der Waals surface area contributed by atoms with E-state index >= 15 is 0 Å². The van der Waals surface area contributed by atoms with Crippen LogP contribution < -0.4 is 4.72 Å². The molecule has 7 nitrogen and oxygen atoms in total. The molecule has 0 atom stereocenters. The highest BCUT2D eigenvalue weighted by atomic mass is 32.2. The van der Waals surface area contributed by atoms with Crippen LogP contribution in [0.15, 0.2) is 12.4 Å².